The molecule has 0 aliphatic rings. The predicted molar refractivity (Wildman–Crippen MR) is 94.5 cm³/mol. The fourth-order valence-corrected chi connectivity index (χ4v) is 3.07. The van der Waals surface area contributed by atoms with Crippen molar-refractivity contribution in [1.82, 2.24) is 9.55 Å². The summed E-state index contributed by atoms with van der Waals surface area (Å²) in [4.78, 5) is 15.9. The van der Waals surface area contributed by atoms with Gasteiger partial charge in [0.2, 0.25) is 5.95 Å². The first-order valence-electron chi connectivity index (χ1n) is 7.39. The summed E-state index contributed by atoms with van der Waals surface area (Å²) in [5.41, 5.74) is 0.859. The van der Waals surface area contributed by atoms with Crippen molar-refractivity contribution in [2.75, 3.05) is 12.4 Å². The van der Waals surface area contributed by atoms with Crippen molar-refractivity contribution in [3.63, 3.8) is 0 Å². The Balaban J connectivity index is 2.02. The van der Waals surface area contributed by atoms with Crippen LogP contribution >= 0.6 is 15.9 Å². The van der Waals surface area contributed by atoms with Gasteiger partial charge in [0.25, 0.3) is 0 Å². The summed E-state index contributed by atoms with van der Waals surface area (Å²) in [7, 11) is 2.89. The highest BCUT2D eigenvalue weighted by atomic mass is 79.9. The second kappa shape index (κ2) is 6.64. The fourth-order valence-electron chi connectivity index (χ4n) is 2.51. The Labute approximate surface area is 154 Å². The number of aromatic nitrogens is 2. The summed E-state index contributed by atoms with van der Waals surface area (Å²) < 4.78 is 45.4. The maximum atomic E-state index is 13.1. The quantitative estimate of drug-likeness (QED) is 0.604. The van der Waals surface area contributed by atoms with Gasteiger partial charge in [-0.3, -0.25) is 0 Å². The summed E-state index contributed by atoms with van der Waals surface area (Å²) >= 11 is 2.95. The molecule has 1 N–H and O–H groups in total. The van der Waals surface area contributed by atoms with Crippen LogP contribution in [0, 0.1) is 0 Å². The van der Waals surface area contributed by atoms with Gasteiger partial charge >= 0.3 is 12.1 Å². The average Bonchev–Trinajstić information content (AvgIpc) is 2.87. The summed E-state index contributed by atoms with van der Waals surface area (Å²) in [6.45, 7) is 0. The molecule has 136 valence electrons. The van der Waals surface area contributed by atoms with E-state index < -0.39 is 17.7 Å². The topological polar surface area (TPSA) is 56.1 Å². The highest BCUT2D eigenvalue weighted by Crippen LogP contribution is 2.37. The molecule has 0 bridgehead atoms. The van der Waals surface area contributed by atoms with E-state index in [2.05, 4.69) is 31.0 Å². The van der Waals surface area contributed by atoms with Crippen LogP contribution in [0.3, 0.4) is 0 Å². The number of carbonyl (C=O) groups excluding carboxylic acids is 1. The molecule has 5 nitrogen and oxygen atoms in total. The van der Waals surface area contributed by atoms with Gasteiger partial charge in [-0.2, -0.15) is 13.2 Å². The number of fused-ring (bicyclic) bond motifs is 1. The van der Waals surface area contributed by atoms with Gasteiger partial charge in [-0.25, -0.2) is 9.78 Å². The normalized spacial score (nSPS) is 11.6. The molecule has 0 aliphatic carbocycles. The Kier molecular flexibility index (Phi) is 4.66. The molecule has 1 aromatic heterocycles. The number of nitrogens with one attached hydrogen (secondary N) is 1. The smallest absolute Gasteiger partial charge is 0.417 e. The van der Waals surface area contributed by atoms with Gasteiger partial charge < -0.3 is 14.6 Å². The third-order valence-electron chi connectivity index (χ3n) is 3.81. The second-order valence-corrected chi connectivity index (χ2v) is 6.36. The molecule has 0 unspecified atom stereocenters. The number of hydrogen-bond donors (Lipinski definition) is 1. The number of methoxy groups -OCH3 is 1. The summed E-state index contributed by atoms with van der Waals surface area (Å²) in [5.74, 6) is -0.148. The number of alkyl halides is 3. The zero-order valence-corrected chi connectivity index (χ0v) is 15.3. The Morgan fingerprint density at radius 3 is 2.65 bits per heavy atom. The van der Waals surface area contributed by atoms with Crippen LogP contribution in [-0.2, 0) is 18.0 Å². The van der Waals surface area contributed by atoms with Crippen LogP contribution in [0.15, 0.2) is 40.9 Å². The molecule has 0 radical (unpaired) electrons. The van der Waals surface area contributed by atoms with Crippen LogP contribution < -0.4 is 5.32 Å². The lowest BCUT2D eigenvalue weighted by Crippen LogP contribution is -2.06. The molecule has 0 amide bonds. The summed E-state index contributed by atoms with van der Waals surface area (Å²) in [6, 6.07) is 8.91. The van der Waals surface area contributed by atoms with Crippen molar-refractivity contribution in [2.24, 2.45) is 7.05 Å². The highest BCUT2D eigenvalue weighted by molar-refractivity contribution is 9.10. The van der Waals surface area contributed by atoms with Crippen LogP contribution in [-0.4, -0.2) is 22.6 Å². The van der Waals surface area contributed by atoms with E-state index in [9.17, 15) is 18.0 Å². The van der Waals surface area contributed by atoms with Gasteiger partial charge in [-0.1, -0.05) is 22.0 Å². The molecule has 2 aromatic carbocycles. The maximum Gasteiger partial charge on any atom is 0.417 e. The molecular formula is C17H13BrF3N3O2. The van der Waals surface area contributed by atoms with E-state index in [4.69, 9.17) is 0 Å². The van der Waals surface area contributed by atoms with E-state index in [-0.39, 0.29) is 4.47 Å². The van der Waals surface area contributed by atoms with Crippen molar-refractivity contribution >= 4 is 44.6 Å². The number of imidazole rings is 1. The highest BCUT2D eigenvalue weighted by Gasteiger charge is 2.33. The molecule has 0 saturated heterocycles. The van der Waals surface area contributed by atoms with Gasteiger partial charge in [-0.05, 0) is 30.3 Å². The number of esters is 1. The Morgan fingerprint density at radius 1 is 1.27 bits per heavy atom. The standard InChI is InChI=1S/C17H13BrF3N3O2/c1-24-14-7-11(17(19,20)21)12(18)8-13(14)23-16(24)22-10-5-3-4-9(6-10)15(25)26-2/h3-8H,1-2H3,(H,22,23). The van der Waals surface area contributed by atoms with Crippen molar-refractivity contribution < 1.29 is 22.7 Å². The first kappa shape index (κ1) is 18.2. The number of carbonyl (C=O) groups is 1. The SMILES string of the molecule is COC(=O)c1cccc(Nc2nc3cc(Br)c(C(F)(F)F)cc3n2C)c1. The third-order valence-corrected chi connectivity index (χ3v) is 4.47. The Hall–Kier alpha value is -2.55. The van der Waals surface area contributed by atoms with Crippen LogP contribution in [0.4, 0.5) is 24.8 Å². The van der Waals surface area contributed by atoms with Gasteiger partial charge in [-0.15, -0.1) is 0 Å². The van der Waals surface area contributed by atoms with Crippen LogP contribution in [0.25, 0.3) is 11.0 Å². The number of benzene rings is 2. The minimum absolute atomic E-state index is 0.0742. The van der Waals surface area contributed by atoms with E-state index in [1.165, 1.54) is 17.7 Å². The minimum atomic E-state index is -4.47. The lowest BCUT2D eigenvalue weighted by Gasteiger charge is -2.10. The van der Waals surface area contributed by atoms with Crippen molar-refractivity contribution in [3.8, 4) is 0 Å². The van der Waals surface area contributed by atoms with Crippen LogP contribution in [0.1, 0.15) is 15.9 Å². The number of nitrogens with zero attached hydrogens (tertiary/aromatic N) is 2. The number of halogens is 4. The van der Waals surface area contributed by atoms with Gasteiger partial charge in [0, 0.05) is 17.2 Å². The maximum absolute atomic E-state index is 13.1. The van der Waals surface area contributed by atoms with Crippen LogP contribution in [0.2, 0.25) is 0 Å². The second-order valence-electron chi connectivity index (χ2n) is 5.51. The molecule has 26 heavy (non-hydrogen) atoms. The average molecular weight is 428 g/mol. The lowest BCUT2D eigenvalue weighted by molar-refractivity contribution is -0.138. The van der Waals surface area contributed by atoms with Gasteiger partial charge in [0.1, 0.15) is 0 Å². The number of rotatable bonds is 3. The fraction of sp³-hybridized carbons (Fsp3) is 0.176. The molecule has 0 saturated carbocycles. The molecule has 9 heteroatoms. The Bertz CT molecular complexity index is 999. The third kappa shape index (κ3) is 3.39. The summed E-state index contributed by atoms with van der Waals surface area (Å²) in [5, 5.41) is 3.01. The largest absolute Gasteiger partial charge is 0.465 e. The lowest BCUT2D eigenvalue weighted by atomic mass is 10.2. The van der Waals surface area contributed by atoms with Gasteiger partial charge in [0.05, 0.1) is 29.3 Å². The number of hydrogen-bond acceptors (Lipinski definition) is 4. The van der Waals surface area contributed by atoms with Crippen LogP contribution in [0.5, 0.6) is 0 Å². The van der Waals surface area contributed by atoms with E-state index in [0.29, 0.717) is 28.2 Å². The molecule has 0 atom stereocenters. The zero-order chi connectivity index (χ0) is 19.1. The molecule has 0 fully saturated rings. The number of aryl methyl sites for hydroxylation is 1. The van der Waals surface area contributed by atoms with E-state index in [0.717, 1.165) is 6.07 Å². The predicted octanol–water partition coefficient (Wildman–Crippen LogP) is 4.88. The molecule has 0 aliphatic heterocycles. The van der Waals surface area contributed by atoms with Crippen molar-refractivity contribution in [3.05, 3.63) is 52.0 Å². The van der Waals surface area contributed by atoms with E-state index in [1.54, 1.807) is 31.3 Å². The van der Waals surface area contributed by atoms with E-state index >= 15 is 0 Å². The van der Waals surface area contributed by atoms with E-state index in [1.807, 2.05) is 0 Å². The molecule has 3 rings (SSSR count). The molecule has 1 heterocycles. The van der Waals surface area contributed by atoms with Gasteiger partial charge in [0.15, 0.2) is 0 Å². The number of anilines is 2. The Morgan fingerprint density at radius 2 is 2.00 bits per heavy atom. The molecular weight excluding hydrogens is 415 g/mol. The first-order chi connectivity index (χ1) is 12.2. The first-order valence-corrected chi connectivity index (χ1v) is 8.18. The molecule has 3 aromatic rings. The monoisotopic (exact) mass is 427 g/mol. The minimum Gasteiger partial charge on any atom is -0.465 e. The van der Waals surface area contributed by atoms with Crippen molar-refractivity contribution in [1.29, 1.82) is 0 Å². The van der Waals surface area contributed by atoms with Crippen molar-refractivity contribution in [2.45, 2.75) is 6.18 Å². The zero-order valence-electron chi connectivity index (χ0n) is 13.7. The molecule has 0 spiro atoms. The number of ether oxygens (including phenoxy) is 1. The summed E-state index contributed by atoms with van der Waals surface area (Å²) in [6.07, 6.45) is -4.47.